The molecule has 1 aromatic rings. The van der Waals surface area contributed by atoms with Crippen LogP contribution in [0, 0.1) is 9.49 Å². The molecular weight excluding hydrogens is 311 g/mol. The zero-order chi connectivity index (χ0) is 12.2. The summed E-state index contributed by atoms with van der Waals surface area (Å²) >= 11 is 2.32. The fourth-order valence-corrected chi connectivity index (χ4v) is 1.78. The third-order valence-corrected chi connectivity index (χ3v) is 4.03. The van der Waals surface area contributed by atoms with Crippen LogP contribution < -0.4 is 11.1 Å². The zero-order valence-corrected chi connectivity index (χ0v) is 12.4. The van der Waals surface area contributed by atoms with E-state index in [4.69, 9.17) is 5.73 Å². The van der Waals surface area contributed by atoms with Crippen LogP contribution in [0.5, 0.6) is 0 Å². The number of halogens is 1. The van der Waals surface area contributed by atoms with Crippen LogP contribution in [0.4, 0.5) is 0 Å². The molecule has 0 fully saturated rings. The summed E-state index contributed by atoms with van der Waals surface area (Å²) in [6, 6.07) is 8.58. The summed E-state index contributed by atoms with van der Waals surface area (Å²) in [6.07, 6.45) is 0. The molecule has 16 heavy (non-hydrogen) atoms. The molecular formula is C13H21IN2. The van der Waals surface area contributed by atoms with Crippen LogP contribution >= 0.6 is 22.6 Å². The van der Waals surface area contributed by atoms with Crippen LogP contribution in [0.25, 0.3) is 0 Å². The van der Waals surface area contributed by atoms with Gasteiger partial charge < -0.3 is 11.1 Å². The first kappa shape index (κ1) is 13.9. The van der Waals surface area contributed by atoms with E-state index in [1.165, 1.54) is 9.13 Å². The summed E-state index contributed by atoms with van der Waals surface area (Å²) in [7, 11) is 0. The number of nitrogens with two attached hydrogens (primary N) is 1. The monoisotopic (exact) mass is 332 g/mol. The van der Waals surface area contributed by atoms with Gasteiger partial charge in [-0.2, -0.15) is 0 Å². The van der Waals surface area contributed by atoms with Gasteiger partial charge in [0.05, 0.1) is 0 Å². The predicted octanol–water partition coefficient (Wildman–Crippen LogP) is 2.75. The van der Waals surface area contributed by atoms with Crippen molar-refractivity contribution in [2.75, 3.05) is 6.54 Å². The lowest BCUT2D eigenvalue weighted by Gasteiger charge is -2.33. The highest BCUT2D eigenvalue weighted by Gasteiger charge is 2.25. The number of hydrogen-bond acceptors (Lipinski definition) is 2. The largest absolute Gasteiger partial charge is 0.329 e. The molecule has 0 heterocycles. The maximum Gasteiger partial charge on any atom is 0.0301 e. The highest BCUT2D eigenvalue weighted by atomic mass is 127. The van der Waals surface area contributed by atoms with Crippen LogP contribution in [0.3, 0.4) is 0 Å². The summed E-state index contributed by atoms with van der Waals surface area (Å²) in [6.45, 7) is 8.13. The third-order valence-electron chi connectivity index (χ3n) is 3.31. The first-order valence-electron chi connectivity index (χ1n) is 5.67. The fraction of sp³-hybridized carbons (Fsp3) is 0.538. The highest BCUT2D eigenvalue weighted by Crippen LogP contribution is 2.16. The minimum atomic E-state index is 0.0169. The van der Waals surface area contributed by atoms with Crippen LogP contribution in [0.1, 0.15) is 26.3 Å². The molecule has 90 valence electrons. The molecule has 2 nitrogen and oxygen atoms in total. The number of hydrogen-bond donors (Lipinski definition) is 2. The van der Waals surface area contributed by atoms with Crippen molar-refractivity contribution in [3.63, 3.8) is 0 Å². The molecule has 3 N–H and O–H groups in total. The van der Waals surface area contributed by atoms with Gasteiger partial charge in [0, 0.05) is 22.2 Å². The van der Waals surface area contributed by atoms with E-state index in [0.717, 1.165) is 6.54 Å². The summed E-state index contributed by atoms with van der Waals surface area (Å²) in [4.78, 5) is 0. The van der Waals surface area contributed by atoms with Gasteiger partial charge in [0.1, 0.15) is 0 Å². The van der Waals surface area contributed by atoms with E-state index in [1.807, 2.05) is 0 Å². The summed E-state index contributed by atoms with van der Waals surface area (Å²) in [5, 5.41) is 3.55. The fourth-order valence-electron chi connectivity index (χ4n) is 1.42. The van der Waals surface area contributed by atoms with Crippen molar-refractivity contribution in [2.45, 2.75) is 32.9 Å². The predicted molar refractivity (Wildman–Crippen MR) is 78.3 cm³/mol. The van der Waals surface area contributed by atoms with Gasteiger partial charge >= 0.3 is 0 Å². The molecule has 0 saturated carbocycles. The molecule has 0 saturated heterocycles. The molecule has 0 aliphatic heterocycles. The van der Waals surface area contributed by atoms with Gasteiger partial charge in [-0.05, 0) is 53.1 Å². The van der Waals surface area contributed by atoms with E-state index >= 15 is 0 Å². The first-order valence-corrected chi connectivity index (χ1v) is 6.75. The summed E-state index contributed by atoms with van der Waals surface area (Å²) < 4.78 is 1.27. The van der Waals surface area contributed by atoms with Crippen molar-refractivity contribution in [3.8, 4) is 0 Å². The Bertz CT molecular complexity index is 321. The van der Waals surface area contributed by atoms with E-state index in [0.29, 0.717) is 12.5 Å². The minimum absolute atomic E-state index is 0.0169. The second-order valence-electron chi connectivity index (χ2n) is 4.76. The molecule has 1 unspecified atom stereocenters. The van der Waals surface area contributed by atoms with Crippen molar-refractivity contribution in [2.24, 2.45) is 11.7 Å². The van der Waals surface area contributed by atoms with E-state index in [2.05, 4.69) is 72.9 Å². The van der Waals surface area contributed by atoms with Crippen LogP contribution in [0.15, 0.2) is 24.3 Å². The molecule has 0 aromatic heterocycles. The van der Waals surface area contributed by atoms with Gasteiger partial charge in [0.2, 0.25) is 0 Å². The number of benzene rings is 1. The average Bonchev–Trinajstić information content (AvgIpc) is 2.27. The Morgan fingerprint density at radius 3 is 2.31 bits per heavy atom. The lowest BCUT2D eigenvalue weighted by molar-refractivity contribution is 0.267. The lowest BCUT2D eigenvalue weighted by Crippen LogP contribution is -2.52. The molecule has 0 aliphatic rings. The normalized spacial score (nSPS) is 15.1. The van der Waals surface area contributed by atoms with Gasteiger partial charge in [-0.15, -0.1) is 0 Å². The topological polar surface area (TPSA) is 38.0 Å². The molecule has 1 atom stereocenters. The maximum atomic E-state index is 5.83. The number of nitrogens with one attached hydrogen (secondary N) is 1. The van der Waals surface area contributed by atoms with Gasteiger partial charge in [-0.1, -0.05) is 26.0 Å². The van der Waals surface area contributed by atoms with Gasteiger partial charge in [-0.25, -0.2) is 0 Å². The second-order valence-corrected chi connectivity index (χ2v) is 6.00. The molecule has 0 amide bonds. The Morgan fingerprint density at radius 1 is 1.31 bits per heavy atom. The Morgan fingerprint density at radius 2 is 1.88 bits per heavy atom. The smallest absolute Gasteiger partial charge is 0.0301 e. The van der Waals surface area contributed by atoms with Crippen molar-refractivity contribution < 1.29 is 0 Å². The Kier molecular flexibility index (Phi) is 5.21. The molecule has 0 bridgehead atoms. The Hall–Kier alpha value is -0.130. The second kappa shape index (κ2) is 5.98. The minimum Gasteiger partial charge on any atom is -0.329 e. The van der Waals surface area contributed by atoms with Crippen molar-refractivity contribution in [3.05, 3.63) is 33.4 Å². The standard InChI is InChI=1S/C13H21IN2/c1-10(2)13(3,9-15)16-8-11-4-6-12(14)7-5-11/h4-7,10,16H,8-9,15H2,1-3H3. The Labute approximate surface area is 112 Å². The van der Waals surface area contributed by atoms with Crippen LogP contribution in [0.2, 0.25) is 0 Å². The summed E-state index contributed by atoms with van der Waals surface area (Å²) in [5.74, 6) is 0.529. The van der Waals surface area contributed by atoms with Gasteiger partial charge in [-0.3, -0.25) is 0 Å². The van der Waals surface area contributed by atoms with Crippen LogP contribution in [-0.2, 0) is 6.54 Å². The third kappa shape index (κ3) is 3.71. The molecule has 1 aromatic carbocycles. The lowest BCUT2D eigenvalue weighted by atomic mass is 9.88. The molecule has 0 aliphatic carbocycles. The molecule has 0 radical (unpaired) electrons. The first-order chi connectivity index (χ1) is 7.48. The highest BCUT2D eigenvalue weighted by molar-refractivity contribution is 14.1. The molecule has 3 heteroatoms. The van der Waals surface area contributed by atoms with Gasteiger partial charge in [0.25, 0.3) is 0 Å². The van der Waals surface area contributed by atoms with E-state index in [-0.39, 0.29) is 5.54 Å². The quantitative estimate of drug-likeness (QED) is 0.814. The van der Waals surface area contributed by atoms with E-state index < -0.39 is 0 Å². The van der Waals surface area contributed by atoms with Gasteiger partial charge in [0.15, 0.2) is 0 Å². The van der Waals surface area contributed by atoms with Crippen molar-refractivity contribution in [1.29, 1.82) is 0 Å². The van der Waals surface area contributed by atoms with Crippen molar-refractivity contribution >= 4 is 22.6 Å². The SMILES string of the molecule is CC(C)C(C)(CN)NCc1ccc(I)cc1. The molecule has 0 spiro atoms. The van der Waals surface area contributed by atoms with Crippen molar-refractivity contribution in [1.82, 2.24) is 5.32 Å². The zero-order valence-electron chi connectivity index (χ0n) is 10.3. The van der Waals surface area contributed by atoms with Crippen LogP contribution in [-0.4, -0.2) is 12.1 Å². The average molecular weight is 332 g/mol. The maximum absolute atomic E-state index is 5.83. The van der Waals surface area contributed by atoms with E-state index in [1.54, 1.807) is 0 Å². The summed E-state index contributed by atoms with van der Waals surface area (Å²) in [5.41, 5.74) is 7.16. The number of rotatable bonds is 5. The molecule has 1 rings (SSSR count). The van der Waals surface area contributed by atoms with E-state index in [9.17, 15) is 0 Å². The Balaban J connectivity index is 2.59.